The summed E-state index contributed by atoms with van der Waals surface area (Å²) in [4.78, 5) is 0. The van der Waals surface area contributed by atoms with Gasteiger partial charge >= 0.3 is 0 Å². The van der Waals surface area contributed by atoms with Crippen LogP contribution in [-0.2, 0) is 0 Å². The molecule has 14 heavy (non-hydrogen) atoms. The van der Waals surface area contributed by atoms with Gasteiger partial charge in [0.25, 0.3) is 0 Å². The molecule has 1 saturated carbocycles. The van der Waals surface area contributed by atoms with E-state index >= 15 is 0 Å². The number of hydrogen-bond acceptors (Lipinski definition) is 2. The molecule has 0 radical (unpaired) electrons. The Labute approximate surface area is 92.4 Å². The Bertz CT molecular complexity index is 142. The fourth-order valence-corrected chi connectivity index (χ4v) is 4.16. The largest absolute Gasteiger partial charge is 0.305 e. The van der Waals surface area contributed by atoms with E-state index in [0.29, 0.717) is 0 Å². The highest BCUT2D eigenvalue weighted by Crippen LogP contribution is 2.35. The summed E-state index contributed by atoms with van der Waals surface area (Å²) >= 11 is 2.15. The van der Waals surface area contributed by atoms with Crippen molar-refractivity contribution in [3.63, 3.8) is 0 Å². The van der Waals surface area contributed by atoms with Crippen molar-refractivity contribution in [2.45, 2.75) is 50.8 Å². The van der Waals surface area contributed by atoms with Crippen molar-refractivity contribution in [2.75, 3.05) is 12.3 Å². The van der Waals surface area contributed by atoms with Crippen molar-refractivity contribution in [3.8, 4) is 0 Å². The second-order valence-electron chi connectivity index (χ2n) is 4.86. The van der Waals surface area contributed by atoms with E-state index in [1.54, 1.807) is 0 Å². The first-order valence-corrected chi connectivity index (χ1v) is 7.28. The summed E-state index contributed by atoms with van der Waals surface area (Å²) in [5.41, 5.74) is 0. The third-order valence-corrected chi connectivity index (χ3v) is 5.31. The van der Waals surface area contributed by atoms with Crippen LogP contribution in [0.4, 0.5) is 0 Å². The molecule has 1 aliphatic heterocycles. The van der Waals surface area contributed by atoms with Crippen LogP contribution >= 0.6 is 11.8 Å². The Morgan fingerprint density at radius 3 is 2.57 bits per heavy atom. The minimum atomic E-state index is 0.756. The van der Waals surface area contributed by atoms with Crippen LogP contribution in [0, 0.1) is 11.8 Å². The summed E-state index contributed by atoms with van der Waals surface area (Å²) in [5, 5.41) is 4.44. The molecule has 1 saturated heterocycles. The van der Waals surface area contributed by atoms with Crippen LogP contribution in [0.5, 0.6) is 0 Å². The summed E-state index contributed by atoms with van der Waals surface area (Å²) in [6, 6.07) is 0. The van der Waals surface area contributed by atoms with Crippen molar-refractivity contribution >= 4 is 11.8 Å². The average molecular weight is 213 g/mol. The summed E-state index contributed by atoms with van der Waals surface area (Å²) < 4.78 is 0. The molecule has 1 nitrogen and oxygen atoms in total. The molecule has 0 spiro atoms. The van der Waals surface area contributed by atoms with E-state index in [1.165, 1.54) is 50.8 Å². The molecule has 2 heteroatoms. The van der Waals surface area contributed by atoms with Gasteiger partial charge < -0.3 is 5.32 Å². The number of rotatable bonds is 2. The summed E-state index contributed by atoms with van der Waals surface area (Å²) in [7, 11) is 0. The van der Waals surface area contributed by atoms with Gasteiger partial charge in [-0.2, -0.15) is 0 Å². The third-order valence-electron chi connectivity index (χ3n) is 3.83. The number of hydrogen-bond donors (Lipinski definition) is 1. The molecule has 2 atom stereocenters. The lowest BCUT2D eigenvalue weighted by Crippen LogP contribution is -2.40. The van der Waals surface area contributed by atoms with Crippen LogP contribution in [-0.4, -0.2) is 17.7 Å². The van der Waals surface area contributed by atoms with Crippen LogP contribution in [0.3, 0.4) is 0 Å². The predicted octanol–water partition coefficient (Wildman–Crippen LogP) is 3.26. The van der Waals surface area contributed by atoms with E-state index in [4.69, 9.17) is 0 Å². The smallest absolute Gasteiger partial charge is 0.0560 e. The fourth-order valence-electron chi connectivity index (χ4n) is 2.83. The summed E-state index contributed by atoms with van der Waals surface area (Å²) in [6.45, 7) is 3.71. The summed E-state index contributed by atoms with van der Waals surface area (Å²) in [5.74, 6) is 3.27. The highest BCUT2D eigenvalue weighted by atomic mass is 32.2. The van der Waals surface area contributed by atoms with Crippen LogP contribution in [0.2, 0.25) is 0 Å². The molecule has 0 aromatic rings. The van der Waals surface area contributed by atoms with Crippen molar-refractivity contribution in [1.82, 2.24) is 5.32 Å². The maximum Gasteiger partial charge on any atom is 0.0560 e. The molecule has 1 aliphatic carbocycles. The van der Waals surface area contributed by atoms with Gasteiger partial charge in [0.15, 0.2) is 0 Å². The van der Waals surface area contributed by atoms with Crippen LogP contribution in [0.1, 0.15) is 45.4 Å². The van der Waals surface area contributed by atoms with Gasteiger partial charge in [0.2, 0.25) is 0 Å². The molecule has 2 aliphatic rings. The van der Waals surface area contributed by atoms with Crippen LogP contribution < -0.4 is 5.32 Å². The Hall–Kier alpha value is 0.310. The molecule has 0 amide bonds. The van der Waals surface area contributed by atoms with E-state index in [9.17, 15) is 0 Å². The lowest BCUT2D eigenvalue weighted by atomic mass is 9.80. The molecule has 1 N–H and O–H groups in total. The molecule has 2 fully saturated rings. The normalized spacial score (nSPS) is 32.8. The molecule has 2 unspecified atom stereocenters. The number of thioether (sulfide) groups is 1. The Balaban J connectivity index is 1.82. The van der Waals surface area contributed by atoms with Gasteiger partial charge in [-0.15, -0.1) is 11.8 Å². The maximum atomic E-state index is 3.68. The van der Waals surface area contributed by atoms with E-state index in [-0.39, 0.29) is 0 Å². The first-order chi connectivity index (χ1) is 6.88. The van der Waals surface area contributed by atoms with E-state index < -0.39 is 0 Å². The topological polar surface area (TPSA) is 12.0 Å². The number of nitrogens with one attached hydrogen (secondary N) is 1. The van der Waals surface area contributed by atoms with Crippen molar-refractivity contribution in [1.29, 1.82) is 0 Å². The molecule has 1 heterocycles. The van der Waals surface area contributed by atoms with Crippen molar-refractivity contribution in [3.05, 3.63) is 0 Å². The first-order valence-electron chi connectivity index (χ1n) is 6.23. The van der Waals surface area contributed by atoms with Crippen molar-refractivity contribution in [2.24, 2.45) is 11.8 Å². The SMILES string of the molecule is CC(C1CCCCC1)C1NCCCS1. The predicted molar refractivity (Wildman–Crippen MR) is 64.6 cm³/mol. The molecule has 2 rings (SSSR count). The first kappa shape index (κ1) is 10.8. The Morgan fingerprint density at radius 2 is 1.93 bits per heavy atom. The molecule has 0 aromatic heterocycles. The minimum absolute atomic E-state index is 0.756. The van der Waals surface area contributed by atoms with Gasteiger partial charge in [-0.1, -0.05) is 39.0 Å². The maximum absolute atomic E-state index is 3.68. The van der Waals surface area contributed by atoms with Gasteiger partial charge in [0.05, 0.1) is 5.37 Å². The van der Waals surface area contributed by atoms with Crippen molar-refractivity contribution < 1.29 is 0 Å². The second kappa shape index (κ2) is 5.41. The lowest BCUT2D eigenvalue weighted by Gasteiger charge is -2.35. The highest BCUT2D eigenvalue weighted by Gasteiger charge is 2.28. The average Bonchev–Trinajstić information content (AvgIpc) is 2.30. The van der Waals surface area contributed by atoms with Gasteiger partial charge in [-0.05, 0) is 30.6 Å². The zero-order valence-corrected chi connectivity index (χ0v) is 10.1. The van der Waals surface area contributed by atoms with E-state index in [1.807, 2.05) is 0 Å². The molecule has 0 aromatic carbocycles. The van der Waals surface area contributed by atoms with Gasteiger partial charge in [-0.3, -0.25) is 0 Å². The van der Waals surface area contributed by atoms with Crippen LogP contribution in [0.25, 0.3) is 0 Å². The quantitative estimate of drug-likeness (QED) is 0.755. The van der Waals surface area contributed by atoms with E-state index in [0.717, 1.165) is 17.2 Å². The molecular weight excluding hydrogens is 190 g/mol. The molecule has 0 bridgehead atoms. The second-order valence-corrected chi connectivity index (χ2v) is 6.11. The third kappa shape index (κ3) is 2.66. The van der Waals surface area contributed by atoms with Gasteiger partial charge in [0, 0.05) is 0 Å². The Morgan fingerprint density at radius 1 is 1.14 bits per heavy atom. The molecule has 82 valence electrons. The minimum Gasteiger partial charge on any atom is -0.305 e. The molecular formula is C12H23NS. The standard InChI is InChI=1S/C12H23NS/c1-10(11-6-3-2-4-7-11)12-13-8-5-9-14-12/h10-13H,2-9H2,1H3. The fraction of sp³-hybridized carbons (Fsp3) is 1.00. The van der Waals surface area contributed by atoms with Gasteiger partial charge in [0.1, 0.15) is 0 Å². The van der Waals surface area contributed by atoms with Crippen LogP contribution in [0.15, 0.2) is 0 Å². The zero-order valence-electron chi connectivity index (χ0n) is 9.30. The summed E-state index contributed by atoms with van der Waals surface area (Å²) in [6.07, 6.45) is 8.77. The monoisotopic (exact) mass is 213 g/mol. The highest BCUT2D eigenvalue weighted by molar-refractivity contribution is 7.99. The van der Waals surface area contributed by atoms with Gasteiger partial charge in [-0.25, -0.2) is 0 Å². The Kier molecular flexibility index (Phi) is 4.18. The zero-order chi connectivity index (χ0) is 9.80. The van der Waals surface area contributed by atoms with E-state index in [2.05, 4.69) is 24.0 Å². The lowest BCUT2D eigenvalue weighted by molar-refractivity contribution is 0.244.